The van der Waals surface area contributed by atoms with Gasteiger partial charge in [-0.05, 0) is 13.8 Å². The number of aryl methyl sites for hydroxylation is 2. The molecule has 13 heavy (non-hydrogen) atoms. The first-order chi connectivity index (χ1) is 6.17. The average Bonchev–Trinajstić information content (AvgIpc) is 2.42. The van der Waals surface area contributed by atoms with Crippen LogP contribution in [0.5, 0.6) is 0 Å². The summed E-state index contributed by atoms with van der Waals surface area (Å²) in [6, 6.07) is 2.05. The summed E-state index contributed by atoms with van der Waals surface area (Å²) in [4.78, 5) is 5.49. The maximum Gasteiger partial charge on any atom is 0.0944 e. The standard InChI is InChI=1S/C9H12N2OS/c1-6-7(2)13-9(11-6)3-8(4-10)5-12/h8,12H,3,5H2,1-2H3. The molecule has 0 aliphatic heterocycles. The lowest BCUT2D eigenvalue weighted by molar-refractivity contribution is 0.255. The molecular formula is C9H12N2OS. The summed E-state index contributed by atoms with van der Waals surface area (Å²) in [5.74, 6) is -0.315. The van der Waals surface area contributed by atoms with Crippen molar-refractivity contribution in [2.24, 2.45) is 5.92 Å². The zero-order chi connectivity index (χ0) is 9.84. The highest BCUT2D eigenvalue weighted by Crippen LogP contribution is 2.19. The van der Waals surface area contributed by atoms with Crippen molar-refractivity contribution in [3.63, 3.8) is 0 Å². The van der Waals surface area contributed by atoms with E-state index in [0.29, 0.717) is 6.42 Å². The normalized spacial score (nSPS) is 12.5. The van der Waals surface area contributed by atoms with Crippen LogP contribution in [0.25, 0.3) is 0 Å². The zero-order valence-corrected chi connectivity index (χ0v) is 8.56. The Hall–Kier alpha value is -0.920. The van der Waals surface area contributed by atoms with Crippen molar-refractivity contribution < 1.29 is 5.11 Å². The van der Waals surface area contributed by atoms with Crippen molar-refractivity contribution in [1.82, 2.24) is 4.98 Å². The molecule has 0 saturated heterocycles. The first-order valence-electron chi connectivity index (χ1n) is 4.10. The number of aromatic nitrogens is 1. The van der Waals surface area contributed by atoms with E-state index in [1.807, 2.05) is 19.9 Å². The second-order valence-electron chi connectivity index (χ2n) is 2.96. The van der Waals surface area contributed by atoms with Crippen LogP contribution < -0.4 is 0 Å². The fraction of sp³-hybridized carbons (Fsp3) is 0.556. The van der Waals surface area contributed by atoms with Gasteiger partial charge in [0.15, 0.2) is 0 Å². The van der Waals surface area contributed by atoms with Gasteiger partial charge in [-0.15, -0.1) is 11.3 Å². The number of nitriles is 1. The number of hydrogen-bond donors (Lipinski definition) is 1. The fourth-order valence-electron chi connectivity index (χ4n) is 0.988. The van der Waals surface area contributed by atoms with Crippen LogP contribution in [0.4, 0.5) is 0 Å². The van der Waals surface area contributed by atoms with Gasteiger partial charge in [0.2, 0.25) is 0 Å². The summed E-state index contributed by atoms with van der Waals surface area (Å²) in [6.07, 6.45) is 0.562. The molecule has 1 unspecified atom stereocenters. The van der Waals surface area contributed by atoms with Crippen LogP contribution >= 0.6 is 11.3 Å². The Morgan fingerprint density at radius 1 is 1.62 bits per heavy atom. The molecule has 1 rings (SSSR count). The van der Waals surface area contributed by atoms with E-state index < -0.39 is 0 Å². The van der Waals surface area contributed by atoms with E-state index in [4.69, 9.17) is 10.4 Å². The van der Waals surface area contributed by atoms with Crippen LogP contribution in [0.1, 0.15) is 15.6 Å². The Labute approximate surface area is 81.7 Å². The summed E-state index contributed by atoms with van der Waals surface area (Å²) in [5.41, 5.74) is 1.02. The Balaban J connectivity index is 2.69. The highest BCUT2D eigenvalue weighted by atomic mass is 32.1. The zero-order valence-electron chi connectivity index (χ0n) is 7.74. The Morgan fingerprint density at radius 3 is 2.69 bits per heavy atom. The molecule has 0 spiro atoms. The van der Waals surface area contributed by atoms with E-state index in [0.717, 1.165) is 10.7 Å². The SMILES string of the molecule is Cc1nc(CC(C#N)CO)sc1C. The number of nitrogens with zero attached hydrogens (tertiary/aromatic N) is 2. The summed E-state index contributed by atoms with van der Waals surface area (Å²) in [5, 5.41) is 18.4. The molecule has 4 heteroatoms. The molecule has 0 amide bonds. The second kappa shape index (κ2) is 4.35. The van der Waals surface area contributed by atoms with Gasteiger partial charge in [-0.2, -0.15) is 5.26 Å². The van der Waals surface area contributed by atoms with Crippen molar-refractivity contribution >= 4 is 11.3 Å². The lowest BCUT2D eigenvalue weighted by atomic mass is 10.1. The molecule has 0 aliphatic carbocycles. The summed E-state index contributed by atoms with van der Waals surface area (Å²) < 4.78 is 0. The quantitative estimate of drug-likeness (QED) is 0.795. The fourth-order valence-corrected chi connectivity index (χ4v) is 2.00. The monoisotopic (exact) mass is 196 g/mol. The number of thiazole rings is 1. The van der Waals surface area contributed by atoms with Gasteiger partial charge in [-0.1, -0.05) is 0 Å². The largest absolute Gasteiger partial charge is 0.395 e. The van der Waals surface area contributed by atoms with Crippen LogP contribution in [0.2, 0.25) is 0 Å². The van der Waals surface area contributed by atoms with Crippen molar-refractivity contribution in [2.75, 3.05) is 6.61 Å². The highest BCUT2D eigenvalue weighted by Gasteiger charge is 2.10. The molecule has 1 aromatic rings. The minimum atomic E-state index is -0.315. The third-order valence-electron chi connectivity index (χ3n) is 1.90. The Bertz CT molecular complexity index is 307. The van der Waals surface area contributed by atoms with Crippen LogP contribution in [0.15, 0.2) is 0 Å². The Kier molecular flexibility index (Phi) is 3.40. The van der Waals surface area contributed by atoms with Gasteiger partial charge < -0.3 is 5.11 Å². The molecule has 1 atom stereocenters. The van der Waals surface area contributed by atoms with Gasteiger partial charge >= 0.3 is 0 Å². The maximum atomic E-state index is 8.82. The van der Waals surface area contributed by atoms with E-state index in [9.17, 15) is 0 Å². The van der Waals surface area contributed by atoms with E-state index >= 15 is 0 Å². The van der Waals surface area contributed by atoms with Crippen LogP contribution in [-0.4, -0.2) is 16.7 Å². The molecule has 1 heterocycles. The maximum absolute atomic E-state index is 8.82. The first kappa shape index (κ1) is 10.2. The lowest BCUT2D eigenvalue weighted by Gasteiger charge is -1.99. The topological polar surface area (TPSA) is 56.9 Å². The minimum absolute atomic E-state index is 0.0891. The molecule has 0 fully saturated rings. The number of hydrogen-bond acceptors (Lipinski definition) is 4. The second-order valence-corrected chi connectivity index (χ2v) is 4.25. The van der Waals surface area contributed by atoms with E-state index in [1.54, 1.807) is 11.3 Å². The molecule has 1 aromatic heterocycles. The van der Waals surface area contributed by atoms with Crippen molar-refractivity contribution in [3.8, 4) is 6.07 Å². The first-order valence-corrected chi connectivity index (χ1v) is 4.92. The van der Waals surface area contributed by atoms with Gasteiger partial charge in [0, 0.05) is 11.3 Å². The molecule has 0 saturated carbocycles. The predicted octanol–water partition coefficient (Wildman–Crippen LogP) is 1.43. The van der Waals surface area contributed by atoms with Gasteiger partial charge in [-0.3, -0.25) is 0 Å². The van der Waals surface area contributed by atoms with Crippen LogP contribution in [-0.2, 0) is 6.42 Å². The summed E-state index contributed by atoms with van der Waals surface area (Å²) in [6.45, 7) is 3.88. The van der Waals surface area contributed by atoms with Crippen molar-refractivity contribution in [3.05, 3.63) is 15.6 Å². The summed E-state index contributed by atoms with van der Waals surface area (Å²) >= 11 is 1.60. The van der Waals surface area contributed by atoms with Gasteiger partial charge in [0.1, 0.15) is 0 Å². The molecule has 0 bridgehead atoms. The minimum Gasteiger partial charge on any atom is -0.395 e. The van der Waals surface area contributed by atoms with Gasteiger partial charge in [0.05, 0.1) is 29.3 Å². The third kappa shape index (κ3) is 2.51. The molecule has 0 radical (unpaired) electrons. The van der Waals surface area contributed by atoms with Crippen LogP contribution in [0, 0.1) is 31.1 Å². The lowest BCUT2D eigenvalue weighted by Crippen LogP contribution is -2.06. The van der Waals surface area contributed by atoms with E-state index in [-0.39, 0.29) is 12.5 Å². The smallest absolute Gasteiger partial charge is 0.0944 e. The van der Waals surface area contributed by atoms with E-state index in [2.05, 4.69) is 4.98 Å². The van der Waals surface area contributed by atoms with Gasteiger partial charge in [0.25, 0.3) is 0 Å². The third-order valence-corrected chi connectivity index (χ3v) is 2.99. The molecular weight excluding hydrogens is 184 g/mol. The van der Waals surface area contributed by atoms with E-state index in [1.165, 1.54) is 4.88 Å². The molecule has 70 valence electrons. The number of aliphatic hydroxyl groups is 1. The predicted molar refractivity (Wildman–Crippen MR) is 51.5 cm³/mol. The van der Waals surface area contributed by atoms with Crippen LogP contribution in [0.3, 0.4) is 0 Å². The molecule has 3 nitrogen and oxygen atoms in total. The Morgan fingerprint density at radius 2 is 2.31 bits per heavy atom. The summed E-state index contributed by atoms with van der Waals surface area (Å²) in [7, 11) is 0. The highest BCUT2D eigenvalue weighted by molar-refractivity contribution is 7.11. The average molecular weight is 196 g/mol. The molecule has 0 aliphatic rings. The van der Waals surface area contributed by atoms with Crippen molar-refractivity contribution in [1.29, 1.82) is 5.26 Å². The number of aliphatic hydroxyl groups excluding tert-OH is 1. The number of rotatable bonds is 3. The molecule has 1 N–H and O–H groups in total. The molecule has 0 aromatic carbocycles. The van der Waals surface area contributed by atoms with Crippen molar-refractivity contribution in [2.45, 2.75) is 20.3 Å². The van der Waals surface area contributed by atoms with Gasteiger partial charge in [-0.25, -0.2) is 4.98 Å².